The van der Waals surface area contributed by atoms with Crippen molar-refractivity contribution in [2.45, 2.75) is 40.5 Å². The molecule has 0 aromatic carbocycles. The van der Waals surface area contributed by atoms with Crippen LogP contribution in [0.25, 0.3) is 0 Å². The van der Waals surface area contributed by atoms with E-state index in [0.717, 1.165) is 0 Å². The number of hydrogen-bond donors (Lipinski definition) is 1. The fraction of sp³-hybridized carbons (Fsp3) is 0.714. The first kappa shape index (κ1) is 25.0. The van der Waals surface area contributed by atoms with Crippen LogP contribution in [0.3, 0.4) is 0 Å². The summed E-state index contributed by atoms with van der Waals surface area (Å²) in [5.41, 5.74) is 0. The molecular weight excluding hydrogens is 444 g/mol. The van der Waals surface area contributed by atoms with Crippen LogP contribution in [-0.4, -0.2) is 43.0 Å². The molecule has 0 saturated carbocycles. The van der Waals surface area contributed by atoms with Gasteiger partial charge >= 0.3 is 0 Å². The smallest absolute Gasteiger partial charge is 0.232 e. The minimum Gasteiger partial charge on any atom is -0.542 e. The Morgan fingerprint density at radius 3 is 2.24 bits per heavy atom. The molecule has 122 valence electrons. The minimum atomic E-state index is -0.0949. The molecule has 3 amide bonds. The van der Waals surface area contributed by atoms with Crippen LogP contribution in [0, 0.1) is 11.8 Å². The van der Waals surface area contributed by atoms with Gasteiger partial charge in [-0.1, -0.05) is 27.7 Å². The van der Waals surface area contributed by atoms with Crippen molar-refractivity contribution in [3.8, 4) is 0 Å². The monoisotopic (exact) mass is 469 g/mol. The Bertz CT molecular complexity index is 361. The van der Waals surface area contributed by atoms with E-state index in [1.807, 2.05) is 0 Å². The Hall–Kier alpha value is -1.03. The molecule has 0 aromatic heterocycles. The van der Waals surface area contributed by atoms with E-state index in [-0.39, 0.29) is 58.0 Å². The molecule has 1 heterocycles. The number of amides is 3. The van der Waals surface area contributed by atoms with E-state index in [1.165, 1.54) is 11.9 Å². The number of imide groups is 1. The van der Waals surface area contributed by atoms with Crippen molar-refractivity contribution in [2.24, 2.45) is 11.8 Å². The SMILES string of the molecule is C.CC1CC(=O)N(C)C1=O.CNC(=O)C(C)CC[C-]=O.[W]. The number of carbonyl (C=O) groups is 3. The van der Waals surface area contributed by atoms with Gasteiger partial charge in [0.25, 0.3) is 0 Å². The van der Waals surface area contributed by atoms with Crippen LogP contribution in [0.15, 0.2) is 0 Å². The molecule has 7 heteroatoms. The maximum Gasteiger partial charge on any atom is 0.232 e. The first-order chi connectivity index (χ1) is 8.84. The predicted molar refractivity (Wildman–Crippen MR) is 76.4 cm³/mol. The van der Waals surface area contributed by atoms with E-state index >= 15 is 0 Å². The maximum absolute atomic E-state index is 10.8. The first-order valence-electron chi connectivity index (χ1n) is 6.22. The van der Waals surface area contributed by atoms with Crippen molar-refractivity contribution in [2.75, 3.05) is 14.1 Å². The van der Waals surface area contributed by atoms with Crippen LogP contribution in [0.2, 0.25) is 0 Å². The minimum absolute atomic E-state index is 0. The van der Waals surface area contributed by atoms with Crippen molar-refractivity contribution < 1.29 is 40.2 Å². The second kappa shape index (κ2) is 12.7. The van der Waals surface area contributed by atoms with Gasteiger partial charge < -0.3 is 10.1 Å². The van der Waals surface area contributed by atoms with E-state index in [1.54, 1.807) is 27.2 Å². The number of nitrogens with zero attached hydrogens (tertiary/aromatic N) is 1. The molecule has 6 nitrogen and oxygen atoms in total. The van der Waals surface area contributed by atoms with Crippen molar-refractivity contribution in [3.05, 3.63) is 0 Å². The van der Waals surface area contributed by atoms with E-state index in [4.69, 9.17) is 0 Å². The summed E-state index contributed by atoms with van der Waals surface area (Å²) in [5.74, 6) is -0.309. The van der Waals surface area contributed by atoms with Crippen molar-refractivity contribution >= 4 is 24.0 Å². The molecule has 1 N–H and O–H groups in total. The summed E-state index contributed by atoms with van der Waals surface area (Å²) >= 11 is 0. The van der Waals surface area contributed by atoms with Gasteiger partial charge in [-0.2, -0.15) is 6.42 Å². The molecule has 0 aliphatic carbocycles. The zero-order valence-electron chi connectivity index (χ0n) is 12.3. The molecule has 2 unspecified atom stereocenters. The van der Waals surface area contributed by atoms with Gasteiger partial charge in [0.1, 0.15) is 0 Å². The summed E-state index contributed by atoms with van der Waals surface area (Å²) in [6, 6.07) is 0. The predicted octanol–water partition coefficient (Wildman–Crippen LogP) is 0.903. The van der Waals surface area contributed by atoms with E-state index < -0.39 is 0 Å². The van der Waals surface area contributed by atoms with Crippen molar-refractivity contribution in [1.29, 1.82) is 0 Å². The molecule has 2 atom stereocenters. The van der Waals surface area contributed by atoms with Crippen molar-refractivity contribution in [1.82, 2.24) is 10.2 Å². The van der Waals surface area contributed by atoms with Gasteiger partial charge in [-0.05, 0) is 0 Å². The Labute approximate surface area is 141 Å². The molecule has 0 aromatic rings. The van der Waals surface area contributed by atoms with Crippen LogP contribution in [0.1, 0.15) is 40.5 Å². The Morgan fingerprint density at radius 1 is 1.48 bits per heavy atom. The molecule has 0 spiro atoms. The zero-order chi connectivity index (χ0) is 15.0. The fourth-order valence-corrected chi connectivity index (χ4v) is 1.59. The fourth-order valence-electron chi connectivity index (χ4n) is 1.59. The zero-order valence-corrected chi connectivity index (χ0v) is 15.2. The number of nitrogens with one attached hydrogen (secondary N) is 1. The van der Waals surface area contributed by atoms with Crippen LogP contribution >= 0.6 is 0 Å². The standard InChI is InChI=1S/C7H12NO2.C6H9NO2.CH4.W/c1-6(4-3-5-9)7(10)8-2;1-4-3-5(8)7(2)6(4)9;;/h6H,3-4H2,1-2H3,(H,8,10);4H,3H2,1-2H3;1H4;/q-1;;;. The summed E-state index contributed by atoms with van der Waals surface area (Å²) in [6.07, 6.45) is 3.06. The average molecular weight is 469 g/mol. The molecule has 21 heavy (non-hydrogen) atoms. The van der Waals surface area contributed by atoms with Gasteiger partial charge in [0.15, 0.2) is 0 Å². The summed E-state index contributed by atoms with van der Waals surface area (Å²) < 4.78 is 0. The number of carbonyl (C=O) groups excluding carboxylic acids is 4. The number of likely N-dealkylation sites (tertiary alicyclic amines) is 1. The van der Waals surface area contributed by atoms with Crippen LogP contribution in [-0.2, 0) is 40.2 Å². The third kappa shape index (κ3) is 8.76. The Balaban J connectivity index is -0.000000282. The van der Waals surface area contributed by atoms with E-state index in [0.29, 0.717) is 19.3 Å². The summed E-state index contributed by atoms with van der Waals surface area (Å²) in [7, 11) is 3.11. The van der Waals surface area contributed by atoms with Gasteiger partial charge in [0.2, 0.25) is 17.7 Å². The van der Waals surface area contributed by atoms with Crippen LogP contribution in [0.4, 0.5) is 0 Å². The second-order valence-electron chi connectivity index (χ2n) is 4.59. The molecule has 1 rings (SSSR count). The van der Waals surface area contributed by atoms with Crippen LogP contribution in [0.5, 0.6) is 0 Å². The van der Waals surface area contributed by atoms with Gasteiger partial charge in [0, 0.05) is 53.4 Å². The van der Waals surface area contributed by atoms with E-state index in [9.17, 15) is 19.2 Å². The third-order valence-electron chi connectivity index (χ3n) is 2.98. The summed E-state index contributed by atoms with van der Waals surface area (Å²) in [4.78, 5) is 43.2. The van der Waals surface area contributed by atoms with Gasteiger partial charge in [-0.15, -0.1) is 0 Å². The quantitative estimate of drug-likeness (QED) is 0.490. The topological polar surface area (TPSA) is 83.6 Å². The molecule has 0 bridgehead atoms. The average Bonchev–Trinajstić information content (AvgIpc) is 2.62. The number of rotatable bonds is 4. The summed E-state index contributed by atoms with van der Waals surface area (Å²) in [6.45, 7) is 3.56. The largest absolute Gasteiger partial charge is 0.542 e. The normalized spacial score (nSPS) is 17.7. The Morgan fingerprint density at radius 2 is 2.00 bits per heavy atom. The third-order valence-corrected chi connectivity index (χ3v) is 2.98. The molecule has 1 aliphatic heterocycles. The molecule has 0 radical (unpaired) electrons. The number of hydrogen-bond acceptors (Lipinski definition) is 4. The second-order valence-corrected chi connectivity index (χ2v) is 4.59. The molecular formula is C14H25N2O4W-. The first-order valence-corrected chi connectivity index (χ1v) is 6.22. The summed E-state index contributed by atoms with van der Waals surface area (Å²) in [5, 5.41) is 2.50. The van der Waals surface area contributed by atoms with Crippen LogP contribution < -0.4 is 5.32 Å². The molecule has 1 fully saturated rings. The van der Waals surface area contributed by atoms with Crippen molar-refractivity contribution in [3.63, 3.8) is 0 Å². The van der Waals surface area contributed by atoms with Gasteiger partial charge in [-0.3, -0.25) is 25.6 Å². The molecule has 1 saturated heterocycles. The van der Waals surface area contributed by atoms with E-state index in [2.05, 4.69) is 5.32 Å². The molecule has 1 aliphatic rings. The Kier molecular flexibility index (Phi) is 15.1. The van der Waals surface area contributed by atoms with Gasteiger partial charge in [-0.25, -0.2) is 0 Å². The maximum atomic E-state index is 10.8. The van der Waals surface area contributed by atoms with Gasteiger partial charge in [0.05, 0.1) is 0 Å².